The normalized spacial score (nSPS) is 12.6. The summed E-state index contributed by atoms with van der Waals surface area (Å²) in [5.41, 5.74) is 12.1. The number of para-hydroxylation sites is 3. The Morgan fingerprint density at radius 2 is 0.980 bits per heavy atom. The van der Waals surface area contributed by atoms with Crippen LogP contribution in [-0.4, -0.2) is 16.4 Å². The number of amides is 2. The fourth-order valence-corrected chi connectivity index (χ4v) is 7.77. The second kappa shape index (κ2) is 11.6. The van der Waals surface area contributed by atoms with Gasteiger partial charge in [0.25, 0.3) is 11.8 Å². The fourth-order valence-electron chi connectivity index (χ4n) is 7.77. The minimum absolute atomic E-state index is 0.331. The molecule has 0 atom stereocenters. The number of carbonyl (C=O) groups is 2. The van der Waals surface area contributed by atoms with Crippen LogP contribution >= 0.6 is 0 Å². The van der Waals surface area contributed by atoms with E-state index in [1.165, 1.54) is 16.0 Å². The summed E-state index contributed by atoms with van der Waals surface area (Å²) in [6.07, 6.45) is 0. The number of aryl methyl sites for hydroxylation is 2. The summed E-state index contributed by atoms with van der Waals surface area (Å²) in [7, 11) is 0. The van der Waals surface area contributed by atoms with Crippen LogP contribution in [0, 0.1) is 13.8 Å². The van der Waals surface area contributed by atoms with Crippen LogP contribution in [0.4, 0.5) is 5.69 Å². The number of hydrogen-bond acceptors (Lipinski definition) is 2. The summed E-state index contributed by atoms with van der Waals surface area (Å²) < 4.78 is 2.19. The van der Waals surface area contributed by atoms with Crippen molar-refractivity contribution < 1.29 is 9.59 Å². The van der Waals surface area contributed by atoms with E-state index in [-0.39, 0.29) is 11.8 Å². The van der Waals surface area contributed by atoms with Crippen LogP contribution in [0.15, 0.2) is 158 Å². The van der Waals surface area contributed by atoms with E-state index in [1.807, 2.05) is 103 Å². The van der Waals surface area contributed by atoms with Gasteiger partial charge in [-0.05, 0) is 48.7 Å². The van der Waals surface area contributed by atoms with Gasteiger partial charge in [-0.3, -0.25) is 9.59 Å². The first-order valence-electron chi connectivity index (χ1n) is 16.9. The van der Waals surface area contributed by atoms with Crippen LogP contribution in [-0.2, 0) is 0 Å². The Kier molecular flexibility index (Phi) is 6.85. The number of imide groups is 1. The molecular formula is C46H32N2O2. The van der Waals surface area contributed by atoms with E-state index in [0.717, 1.165) is 55.2 Å². The van der Waals surface area contributed by atoms with Crippen molar-refractivity contribution in [1.29, 1.82) is 0 Å². The third-order valence-corrected chi connectivity index (χ3v) is 9.79. The van der Waals surface area contributed by atoms with E-state index < -0.39 is 0 Å². The molecule has 0 N–H and O–H groups in total. The third-order valence-electron chi connectivity index (χ3n) is 9.79. The number of aromatic nitrogens is 1. The number of hydrogen-bond donors (Lipinski definition) is 0. The highest BCUT2D eigenvalue weighted by Crippen LogP contribution is 2.45. The van der Waals surface area contributed by atoms with Crippen molar-refractivity contribution in [2.24, 2.45) is 0 Å². The molecule has 238 valence electrons. The first-order valence-corrected chi connectivity index (χ1v) is 16.9. The van der Waals surface area contributed by atoms with Crippen molar-refractivity contribution in [2.75, 3.05) is 4.90 Å². The van der Waals surface area contributed by atoms with Crippen molar-refractivity contribution in [2.45, 2.75) is 13.8 Å². The SMILES string of the molecule is Cc1cc(C)cc(-c2cccc3c4ccccc4n(-c4cccc5c4C(=O)N(c4c(-c6ccccc6)cccc4-c4ccccc4)C5=O)c23)c1. The average Bonchev–Trinajstić information content (AvgIpc) is 3.62. The van der Waals surface area contributed by atoms with Gasteiger partial charge in [-0.25, -0.2) is 4.90 Å². The third kappa shape index (κ3) is 4.53. The Morgan fingerprint density at radius 1 is 0.440 bits per heavy atom. The zero-order valence-corrected chi connectivity index (χ0v) is 27.7. The largest absolute Gasteiger partial charge is 0.308 e. The number of anilines is 1. The standard InChI is InChI=1S/C46H32N2O2/c1-29-26-30(2)28-33(27-29)36-21-12-22-38-37-18-9-10-24-40(37)47(44(36)38)41-25-13-23-39-42(41)46(50)48(45(39)49)43-34(31-14-5-3-6-15-31)19-11-20-35(43)32-16-7-4-8-17-32/h3-28H,1-2H3. The molecule has 0 saturated carbocycles. The second-order valence-electron chi connectivity index (χ2n) is 13.0. The van der Waals surface area contributed by atoms with E-state index in [9.17, 15) is 4.79 Å². The zero-order valence-electron chi connectivity index (χ0n) is 27.7. The predicted molar refractivity (Wildman–Crippen MR) is 204 cm³/mol. The van der Waals surface area contributed by atoms with E-state index in [0.29, 0.717) is 22.5 Å². The second-order valence-corrected chi connectivity index (χ2v) is 13.0. The van der Waals surface area contributed by atoms with Crippen molar-refractivity contribution >= 4 is 39.3 Å². The molecule has 0 unspecified atom stereocenters. The molecule has 2 heterocycles. The number of carbonyl (C=O) groups excluding carboxylic acids is 2. The predicted octanol–water partition coefficient (Wildman–Crippen LogP) is 11.2. The van der Waals surface area contributed by atoms with Crippen LogP contribution in [0.1, 0.15) is 31.8 Å². The summed E-state index contributed by atoms with van der Waals surface area (Å²) in [5, 5.41) is 2.17. The first kappa shape index (κ1) is 29.6. The van der Waals surface area contributed by atoms with Gasteiger partial charge in [0.15, 0.2) is 0 Å². The van der Waals surface area contributed by atoms with Gasteiger partial charge < -0.3 is 4.57 Å². The lowest BCUT2D eigenvalue weighted by molar-refractivity contribution is 0.0926. The number of rotatable bonds is 5. The van der Waals surface area contributed by atoms with Crippen molar-refractivity contribution in [3.63, 3.8) is 0 Å². The topological polar surface area (TPSA) is 42.3 Å². The lowest BCUT2D eigenvalue weighted by atomic mass is 9.95. The van der Waals surface area contributed by atoms with Gasteiger partial charge in [0.1, 0.15) is 0 Å². The molecule has 7 aromatic carbocycles. The van der Waals surface area contributed by atoms with Crippen LogP contribution in [0.25, 0.3) is 60.9 Å². The molecule has 50 heavy (non-hydrogen) atoms. The summed E-state index contributed by atoms with van der Waals surface area (Å²) in [6.45, 7) is 4.23. The summed E-state index contributed by atoms with van der Waals surface area (Å²) >= 11 is 0. The molecule has 0 spiro atoms. The van der Waals surface area contributed by atoms with Gasteiger partial charge in [-0.15, -0.1) is 0 Å². The van der Waals surface area contributed by atoms with Crippen molar-refractivity contribution in [1.82, 2.24) is 4.57 Å². The number of nitrogens with zero attached hydrogens (tertiary/aromatic N) is 2. The molecule has 0 saturated heterocycles. The zero-order chi connectivity index (χ0) is 33.9. The van der Waals surface area contributed by atoms with Gasteiger partial charge in [0.2, 0.25) is 0 Å². The Morgan fingerprint density at radius 3 is 1.66 bits per heavy atom. The average molecular weight is 645 g/mol. The highest BCUT2D eigenvalue weighted by Gasteiger charge is 2.41. The van der Waals surface area contributed by atoms with E-state index in [4.69, 9.17) is 0 Å². The van der Waals surface area contributed by atoms with E-state index in [1.54, 1.807) is 6.07 Å². The minimum atomic E-state index is -0.337. The lowest BCUT2D eigenvalue weighted by Gasteiger charge is -2.23. The first-order chi connectivity index (χ1) is 24.5. The molecule has 0 aliphatic carbocycles. The minimum Gasteiger partial charge on any atom is -0.308 e. The number of fused-ring (bicyclic) bond motifs is 4. The van der Waals surface area contributed by atoms with E-state index >= 15 is 4.79 Å². The molecule has 9 rings (SSSR count). The van der Waals surface area contributed by atoms with Gasteiger partial charge in [-0.2, -0.15) is 0 Å². The van der Waals surface area contributed by atoms with Gasteiger partial charge in [-0.1, -0.05) is 151 Å². The molecule has 0 radical (unpaired) electrons. The van der Waals surface area contributed by atoms with Gasteiger partial charge in [0.05, 0.1) is 33.5 Å². The fraction of sp³-hybridized carbons (Fsp3) is 0.0435. The maximum atomic E-state index is 15.1. The van der Waals surface area contributed by atoms with Crippen molar-refractivity contribution in [3.05, 3.63) is 180 Å². The molecule has 1 aliphatic heterocycles. The molecule has 2 amide bonds. The van der Waals surface area contributed by atoms with Crippen LogP contribution in [0.5, 0.6) is 0 Å². The van der Waals surface area contributed by atoms with Crippen LogP contribution < -0.4 is 4.90 Å². The molecule has 0 fully saturated rings. The van der Waals surface area contributed by atoms with Gasteiger partial charge >= 0.3 is 0 Å². The molecule has 4 nitrogen and oxygen atoms in total. The quantitative estimate of drug-likeness (QED) is 0.175. The summed E-state index contributed by atoms with van der Waals surface area (Å²) in [4.78, 5) is 31.2. The van der Waals surface area contributed by atoms with E-state index in [2.05, 4.69) is 66.9 Å². The van der Waals surface area contributed by atoms with Crippen LogP contribution in [0.3, 0.4) is 0 Å². The lowest BCUT2D eigenvalue weighted by Crippen LogP contribution is -2.30. The molecule has 8 aromatic rings. The Labute approximate surface area is 290 Å². The van der Waals surface area contributed by atoms with Gasteiger partial charge in [0, 0.05) is 27.5 Å². The molecule has 0 bridgehead atoms. The monoisotopic (exact) mass is 644 g/mol. The van der Waals surface area contributed by atoms with Crippen molar-refractivity contribution in [3.8, 4) is 39.1 Å². The number of benzene rings is 7. The highest BCUT2D eigenvalue weighted by molar-refractivity contribution is 6.37. The van der Waals surface area contributed by atoms with Crippen LogP contribution in [0.2, 0.25) is 0 Å². The summed E-state index contributed by atoms with van der Waals surface area (Å²) in [6, 6.07) is 52.8. The molecule has 1 aromatic heterocycles. The molecule has 1 aliphatic rings. The Hall–Kier alpha value is -6.52. The molecular weight excluding hydrogens is 613 g/mol. The molecule has 4 heteroatoms. The maximum absolute atomic E-state index is 15.1. The Balaban J connectivity index is 1.32. The highest BCUT2D eigenvalue weighted by atomic mass is 16.2. The Bertz CT molecular complexity index is 2570. The smallest absolute Gasteiger partial charge is 0.268 e. The summed E-state index contributed by atoms with van der Waals surface area (Å²) in [5.74, 6) is -0.668. The maximum Gasteiger partial charge on any atom is 0.268 e.